The van der Waals surface area contributed by atoms with Crippen LogP contribution in [0.15, 0.2) is 18.2 Å². The summed E-state index contributed by atoms with van der Waals surface area (Å²) in [5, 5.41) is 11.8. The van der Waals surface area contributed by atoms with Gasteiger partial charge < -0.3 is 15.2 Å². The summed E-state index contributed by atoms with van der Waals surface area (Å²) in [4.78, 5) is 23.2. The second-order valence-electron chi connectivity index (χ2n) is 4.91. The Morgan fingerprint density at radius 2 is 2.00 bits per heavy atom. The number of ether oxygens (including phenoxy) is 1. The van der Waals surface area contributed by atoms with Crippen molar-refractivity contribution in [1.82, 2.24) is 0 Å². The molecule has 104 valence electrons. The van der Waals surface area contributed by atoms with Crippen LogP contribution in [0.4, 0.5) is 5.69 Å². The molecule has 0 saturated heterocycles. The van der Waals surface area contributed by atoms with Gasteiger partial charge in [-0.3, -0.25) is 4.79 Å². The van der Waals surface area contributed by atoms with E-state index < -0.39 is 11.4 Å². The summed E-state index contributed by atoms with van der Waals surface area (Å²) in [5.41, 5.74) is -0.266. The number of amides is 1. The van der Waals surface area contributed by atoms with Crippen LogP contribution < -0.4 is 10.1 Å². The summed E-state index contributed by atoms with van der Waals surface area (Å²) < 4.78 is 5.04. The highest BCUT2D eigenvalue weighted by atomic mass is 16.5. The van der Waals surface area contributed by atoms with Crippen LogP contribution in [0.3, 0.4) is 0 Å². The van der Waals surface area contributed by atoms with Crippen molar-refractivity contribution >= 4 is 17.6 Å². The van der Waals surface area contributed by atoms with E-state index in [0.717, 1.165) is 0 Å². The van der Waals surface area contributed by atoms with Crippen molar-refractivity contribution in [3.05, 3.63) is 23.8 Å². The molecule has 0 spiro atoms. The highest BCUT2D eigenvalue weighted by molar-refractivity contribution is 6.02. The average Bonchev–Trinajstić information content (AvgIpc) is 2.38. The van der Waals surface area contributed by atoms with E-state index >= 15 is 0 Å². The molecule has 0 unspecified atom stereocenters. The minimum atomic E-state index is -1.09. The van der Waals surface area contributed by atoms with Crippen LogP contribution in [0.25, 0.3) is 0 Å². The summed E-state index contributed by atoms with van der Waals surface area (Å²) in [5.74, 6) is -0.812. The van der Waals surface area contributed by atoms with E-state index in [1.54, 1.807) is 6.07 Å². The zero-order chi connectivity index (χ0) is 14.6. The summed E-state index contributed by atoms with van der Waals surface area (Å²) in [6, 6.07) is 4.47. The number of nitrogens with one attached hydrogen (secondary N) is 1. The first-order chi connectivity index (χ1) is 8.81. The molecule has 0 aliphatic carbocycles. The lowest BCUT2D eigenvalue weighted by atomic mass is 9.89. The largest absolute Gasteiger partial charge is 0.497 e. The first-order valence-corrected chi connectivity index (χ1v) is 6.04. The lowest BCUT2D eigenvalue weighted by Gasteiger charge is -2.22. The van der Waals surface area contributed by atoms with Gasteiger partial charge in [0.25, 0.3) is 0 Å². The predicted octanol–water partition coefficient (Wildman–Crippen LogP) is 2.77. The second kappa shape index (κ2) is 5.73. The maximum Gasteiger partial charge on any atom is 0.337 e. The van der Waals surface area contributed by atoms with Crippen molar-refractivity contribution in [2.45, 2.75) is 27.2 Å². The van der Waals surface area contributed by atoms with Crippen molar-refractivity contribution in [3.8, 4) is 5.75 Å². The molecule has 1 aromatic rings. The standard InChI is InChI=1S/C14H19NO4/c1-5-14(2,3)13(18)15-11-8-9(19-4)6-7-10(11)12(16)17/h6-8H,5H2,1-4H3,(H,15,18)(H,16,17). The van der Waals surface area contributed by atoms with Gasteiger partial charge in [0.1, 0.15) is 5.75 Å². The van der Waals surface area contributed by atoms with Gasteiger partial charge in [0.2, 0.25) is 5.91 Å². The van der Waals surface area contributed by atoms with Crippen molar-refractivity contribution < 1.29 is 19.4 Å². The minimum absolute atomic E-state index is 0.0426. The van der Waals surface area contributed by atoms with Crippen LogP contribution in [-0.2, 0) is 4.79 Å². The molecule has 0 atom stereocenters. The third-order valence-corrected chi connectivity index (χ3v) is 3.20. The van der Waals surface area contributed by atoms with Crippen LogP contribution in [-0.4, -0.2) is 24.1 Å². The molecular formula is C14H19NO4. The van der Waals surface area contributed by atoms with Crippen molar-refractivity contribution in [2.75, 3.05) is 12.4 Å². The molecule has 5 nitrogen and oxygen atoms in total. The van der Waals surface area contributed by atoms with Gasteiger partial charge in [0.05, 0.1) is 18.4 Å². The van der Waals surface area contributed by atoms with E-state index in [4.69, 9.17) is 9.84 Å². The Morgan fingerprint density at radius 1 is 1.37 bits per heavy atom. The lowest BCUT2D eigenvalue weighted by Crippen LogP contribution is -2.30. The number of benzene rings is 1. The van der Waals surface area contributed by atoms with Gasteiger partial charge in [-0.15, -0.1) is 0 Å². The number of carboxylic acid groups (broad SMARTS) is 1. The van der Waals surface area contributed by atoms with E-state index in [-0.39, 0.29) is 17.2 Å². The molecule has 19 heavy (non-hydrogen) atoms. The van der Waals surface area contributed by atoms with Gasteiger partial charge in [-0.25, -0.2) is 4.79 Å². The van der Waals surface area contributed by atoms with Crippen molar-refractivity contribution in [2.24, 2.45) is 5.41 Å². The fourth-order valence-electron chi connectivity index (χ4n) is 1.39. The second-order valence-corrected chi connectivity index (χ2v) is 4.91. The smallest absolute Gasteiger partial charge is 0.337 e. The molecule has 0 heterocycles. The number of aromatic carboxylic acids is 1. The Morgan fingerprint density at radius 3 is 2.47 bits per heavy atom. The maximum absolute atomic E-state index is 12.1. The van der Waals surface area contributed by atoms with Gasteiger partial charge in [-0.05, 0) is 18.6 Å². The Kier molecular flexibility index (Phi) is 4.53. The quantitative estimate of drug-likeness (QED) is 0.858. The van der Waals surface area contributed by atoms with Gasteiger partial charge in [-0.2, -0.15) is 0 Å². The third-order valence-electron chi connectivity index (χ3n) is 3.20. The maximum atomic E-state index is 12.1. The summed E-state index contributed by atoms with van der Waals surface area (Å²) in [7, 11) is 1.48. The van der Waals surface area contributed by atoms with Crippen LogP contribution in [0.2, 0.25) is 0 Å². The monoisotopic (exact) mass is 265 g/mol. The van der Waals surface area contributed by atoms with E-state index in [1.807, 2.05) is 20.8 Å². The fraction of sp³-hybridized carbons (Fsp3) is 0.429. The van der Waals surface area contributed by atoms with Gasteiger partial charge in [-0.1, -0.05) is 20.8 Å². The number of carboxylic acids is 1. The first-order valence-electron chi connectivity index (χ1n) is 6.04. The Hall–Kier alpha value is -2.04. The van der Waals surface area contributed by atoms with E-state index in [0.29, 0.717) is 12.2 Å². The molecule has 0 fully saturated rings. The lowest BCUT2D eigenvalue weighted by molar-refractivity contribution is -0.124. The first kappa shape index (κ1) is 15.0. The minimum Gasteiger partial charge on any atom is -0.497 e. The molecule has 0 saturated carbocycles. The van der Waals surface area contributed by atoms with Gasteiger partial charge >= 0.3 is 5.97 Å². The van der Waals surface area contributed by atoms with E-state index in [1.165, 1.54) is 19.2 Å². The Bertz CT molecular complexity index is 494. The average molecular weight is 265 g/mol. The number of anilines is 1. The zero-order valence-electron chi connectivity index (χ0n) is 11.6. The molecular weight excluding hydrogens is 246 g/mol. The molecule has 0 bridgehead atoms. The molecule has 0 aliphatic rings. The molecule has 2 N–H and O–H groups in total. The number of rotatable bonds is 5. The van der Waals surface area contributed by atoms with Gasteiger partial charge in [0.15, 0.2) is 0 Å². The van der Waals surface area contributed by atoms with Gasteiger partial charge in [0, 0.05) is 11.5 Å². The van der Waals surface area contributed by atoms with E-state index in [9.17, 15) is 9.59 Å². The Labute approximate surface area is 112 Å². The number of methoxy groups -OCH3 is 1. The Balaban J connectivity index is 3.11. The zero-order valence-corrected chi connectivity index (χ0v) is 11.6. The number of hydrogen-bond acceptors (Lipinski definition) is 3. The molecule has 5 heteroatoms. The molecule has 0 aliphatic heterocycles. The summed E-state index contributed by atoms with van der Waals surface area (Å²) in [6.07, 6.45) is 0.658. The summed E-state index contributed by atoms with van der Waals surface area (Å²) >= 11 is 0. The predicted molar refractivity (Wildman–Crippen MR) is 72.7 cm³/mol. The third kappa shape index (κ3) is 3.47. The number of carbonyl (C=O) groups is 2. The number of carbonyl (C=O) groups excluding carboxylic acids is 1. The number of hydrogen-bond donors (Lipinski definition) is 2. The van der Waals surface area contributed by atoms with Crippen molar-refractivity contribution in [1.29, 1.82) is 0 Å². The SMILES string of the molecule is CCC(C)(C)C(=O)Nc1cc(OC)ccc1C(=O)O. The van der Waals surface area contributed by atoms with E-state index in [2.05, 4.69) is 5.32 Å². The van der Waals surface area contributed by atoms with Crippen LogP contribution in [0.1, 0.15) is 37.6 Å². The molecule has 0 radical (unpaired) electrons. The fourth-order valence-corrected chi connectivity index (χ4v) is 1.39. The molecule has 1 aromatic carbocycles. The summed E-state index contributed by atoms with van der Waals surface area (Å²) in [6.45, 7) is 5.52. The molecule has 1 rings (SSSR count). The van der Waals surface area contributed by atoms with Crippen LogP contribution in [0.5, 0.6) is 5.75 Å². The topological polar surface area (TPSA) is 75.6 Å². The molecule has 0 aromatic heterocycles. The van der Waals surface area contributed by atoms with Crippen molar-refractivity contribution in [3.63, 3.8) is 0 Å². The highest BCUT2D eigenvalue weighted by Crippen LogP contribution is 2.26. The normalized spacial score (nSPS) is 10.9. The van der Waals surface area contributed by atoms with Crippen LogP contribution >= 0.6 is 0 Å². The molecule has 1 amide bonds. The van der Waals surface area contributed by atoms with Crippen LogP contribution in [0, 0.1) is 5.41 Å². The highest BCUT2D eigenvalue weighted by Gasteiger charge is 2.26.